The fraction of sp³-hybridized carbons (Fsp3) is 0.625. The van der Waals surface area contributed by atoms with Crippen LogP contribution < -0.4 is 15.0 Å². The number of aromatic nitrogens is 2. The molecule has 0 radical (unpaired) electrons. The smallest absolute Gasteiger partial charge is 0.324 e. The number of carbonyl (C=O) groups excluding carboxylic acids is 1. The average molecular weight is 461 g/mol. The van der Waals surface area contributed by atoms with Gasteiger partial charge in [-0.05, 0) is 75.6 Å². The lowest BCUT2D eigenvalue weighted by atomic mass is 9.92. The standard InChI is InChI=1S/C24H36N4O5/c1-4-6-21-25-24(33-27-21)28-12-10-18(11-13-28)7-5-14-32-19-8-9-20(16(2)15-19)23(31)26-22(30)17(3)29/h8-9,15,17-18,22,29-30H,4-7,10-14H2,1-3H3,(H,26,31). The molecule has 2 unspecified atom stereocenters. The summed E-state index contributed by atoms with van der Waals surface area (Å²) in [5.74, 6) is 1.74. The van der Waals surface area contributed by atoms with Crippen LogP contribution in [-0.2, 0) is 6.42 Å². The van der Waals surface area contributed by atoms with Gasteiger partial charge in [0.25, 0.3) is 5.91 Å². The number of nitrogens with zero attached hydrogens (tertiary/aromatic N) is 3. The summed E-state index contributed by atoms with van der Waals surface area (Å²) in [6.45, 7) is 7.83. The first-order valence-electron chi connectivity index (χ1n) is 11.8. The van der Waals surface area contributed by atoms with Crippen molar-refractivity contribution in [1.82, 2.24) is 15.5 Å². The normalized spacial score (nSPS) is 16.5. The molecule has 2 aromatic rings. The number of benzene rings is 1. The van der Waals surface area contributed by atoms with Crippen LogP contribution in [0.5, 0.6) is 5.75 Å². The maximum Gasteiger partial charge on any atom is 0.324 e. The molecule has 1 fully saturated rings. The van der Waals surface area contributed by atoms with E-state index in [4.69, 9.17) is 9.26 Å². The summed E-state index contributed by atoms with van der Waals surface area (Å²) in [7, 11) is 0. The number of rotatable bonds is 11. The van der Waals surface area contributed by atoms with Crippen LogP contribution >= 0.6 is 0 Å². The van der Waals surface area contributed by atoms with Gasteiger partial charge in [0.05, 0.1) is 12.7 Å². The van der Waals surface area contributed by atoms with Crippen molar-refractivity contribution in [3.05, 3.63) is 35.2 Å². The molecule has 3 N–H and O–H groups in total. The molecule has 2 heterocycles. The highest BCUT2D eigenvalue weighted by Crippen LogP contribution is 2.25. The van der Waals surface area contributed by atoms with Gasteiger partial charge in [0, 0.05) is 25.1 Å². The van der Waals surface area contributed by atoms with Gasteiger partial charge in [-0.3, -0.25) is 4.79 Å². The predicted molar refractivity (Wildman–Crippen MR) is 124 cm³/mol. The Hall–Kier alpha value is -2.65. The van der Waals surface area contributed by atoms with Crippen LogP contribution in [0, 0.1) is 12.8 Å². The Bertz CT molecular complexity index is 893. The lowest BCUT2D eigenvalue weighted by molar-refractivity contribution is 0.0102. The molecule has 33 heavy (non-hydrogen) atoms. The maximum absolute atomic E-state index is 12.2. The minimum absolute atomic E-state index is 0.430. The fourth-order valence-electron chi connectivity index (χ4n) is 3.99. The van der Waals surface area contributed by atoms with Crippen LogP contribution in [0.15, 0.2) is 22.7 Å². The van der Waals surface area contributed by atoms with E-state index in [1.807, 2.05) is 13.0 Å². The molecule has 2 atom stereocenters. The summed E-state index contributed by atoms with van der Waals surface area (Å²) >= 11 is 0. The van der Waals surface area contributed by atoms with E-state index >= 15 is 0 Å². The van der Waals surface area contributed by atoms with Crippen LogP contribution in [-0.4, -0.2) is 58.3 Å². The number of piperidine rings is 1. The number of anilines is 1. The summed E-state index contributed by atoms with van der Waals surface area (Å²) in [6.07, 6.45) is 3.80. The highest BCUT2D eigenvalue weighted by atomic mass is 16.5. The lowest BCUT2D eigenvalue weighted by Crippen LogP contribution is -2.42. The second-order valence-corrected chi connectivity index (χ2v) is 8.80. The quantitative estimate of drug-likeness (QED) is 0.346. The number of ether oxygens (including phenoxy) is 1. The van der Waals surface area contributed by atoms with E-state index in [9.17, 15) is 15.0 Å². The van der Waals surface area contributed by atoms with Gasteiger partial charge in [-0.25, -0.2) is 0 Å². The Labute approximate surface area is 195 Å². The number of carbonyl (C=O) groups is 1. The van der Waals surface area contributed by atoms with E-state index in [-0.39, 0.29) is 0 Å². The van der Waals surface area contributed by atoms with Gasteiger partial charge in [-0.1, -0.05) is 12.1 Å². The summed E-state index contributed by atoms with van der Waals surface area (Å²) < 4.78 is 11.3. The number of nitrogens with one attached hydrogen (secondary N) is 1. The summed E-state index contributed by atoms with van der Waals surface area (Å²) in [5, 5.41) is 25.4. The molecular weight excluding hydrogens is 424 g/mol. The highest BCUT2D eigenvalue weighted by molar-refractivity contribution is 5.95. The third-order valence-electron chi connectivity index (χ3n) is 6.02. The van der Waals surface area contributed by atoms with Gasteiger partial charge in [0.15, 0.2) is 12.1 Å². The van der Waals surface area contributed by atoms with Crippen LogP contribution in [0.2, 0.25) is 0 Å². The second kappa shape index (κ2) is 12.0. The van der Waals surface area contributed by atoms with Crippen molar-refractivity contribution in [2.45, 2.75) is 71.6 Å². The number of aryl methyl sites for hydroxylation is 2. The van der Waals surface area contributed by atoms with E-state index in [1.54, 1.807) is 12.1 Å². The summed E-state index contributed by atoms with van der Waals surface area (Å²) in [4.78, 5) is 18.9. The van der Waals surface area contributed by atoms with Crippen molar-refractivity contribution >= 4 is 11.9 Å². The number of hydrogen-bond acceptors (Lipinski definition) is 8. The fourth-order valence-corrected chi connectivity index (χ4v) is 3.99. The monoisotopic (exact) mass is 460 g/mol. The number of aliphatic hydroxyl groups is 2. The van der Waals surface area contributed by atoms with Crippen LogP contribution in [0.1, 0.15) is 67.7 Å². The molecule has 9 nitrogen and oxygen atoms in total. The predicted octanol–water partition coefficient (Wildman–Crippen LogP) is 2.84. The molecule has 0 bridgehead atoms. The molecular formula is C24H36N4O5. The first-order chi connectivity index (χ1) is 15.9. The van der Waals surface area contributed by atoms with E-state index in [0.717, 1.165) is 63.0 Å². The zero-order chi connectivity index (χ0) is 23.8. The van der Waals surface area contributed by atoms with Gasteiger partial charge >= 0.3 is 6.01 Å². The zero-order valence-electron chi connectivity index (χ0n) is 19.8. The van der Waals surface area contributed by atoms with E-state index in [2.05, 4.69) is 27.3 Å². The Morgan fingerprint density at radius 3 is 2.76 bits per heavy atom. The highest BCUT2D eigenvalue weighted by Gasteiger charge is 2.23. The third kappa shape index (κ3) is 7.17. The Morgan fingerprint density at radius 2 is 2.09 bits per heavy atom. The Kier molecular flexibility index (Phi) is 9.08. The van der Waals surface area contributed by atoms with Crippen LogP contribution in [0.4, 0.5) is 6.01 Å². The van der Waals surface area contributed by atoms with Crippen molar-refractivity contribution in [3.63, 3.8) is 0 Å². The van der Waals surface area contributed by atoms with Crippen molar-refractivity contribution in [2.24, 2.45) is 5.92 Å². The number of hydrogen-bond donors (Lipinski definition) is 3. The van der Waals surface area contributed by atoms with E-state index in [1.165, 1.54) is 6.92 Å². The van der Waals surface area contributed by atoms with E-state index in [0.29, 0.717) is 29.9 Å². The zero-order valence-corrected chi connectivity index (χ0v) is 19.8. The van der Waals surface area contributed by atoms with Gasteiger partial charge in [0.2, 0.25) is 0 Å². The first kappa shape index (κ1) is 25.0. The number of aliphatic hydroxyl groups excluding tert-OH is 2. The summed E-state index contributed by atoms with van der Waals surface area (Å²) in [6, 6.07) is 5.90. The minimum atomic E-state index is -1.30. The van der Waals surface area contributed by atoms with Crippen molar-refractivity contribution < 1.29 is 24.3 Å². The third-order valence-corrected chi connectivity index (χ3v) is 6.02. The van der Waals surface area contributed by atoms with E-state index < -0.39 is 18.2 Å². The van der Waals surface area contributed by atoms with Gasteiger partial charge in [-0.2, -0.15) is 4.98 Å². The van der Waals surface area contributed by atoms with Gasteiger partial charge in [0.1, 0.15) is 5.75 Å². The molecule has 0 aliphatic carbocycles. The molecule has 1 amide bonds. The Balaban J connectivity index is 1.37. The molecule has 1 aromatic heterocycles. The topological polar surface area (TPSA) is 121 Å². The van der Waals surface area contributed by atoms with Gasteiger partial charge < -0.3 is 29.7 Å². The number of amides is 1. The molecule has 0 saturated carbocycles. The molecule has 1 aliphatic heterocycles. The molecule has 1 aliphatic rings. The first-order valence-corrected chi connectivity index (χ1v) is 11.8. The molecule has 1 saturated heterocycles. The second-order valence-electron chi connectivity index (χ2n) is 8.80. The summed E-state index contributed by atoms with van der Waals surface area (Å²) in [5.41, 5.74) is 1.19. The average Bonchev–Trinajstić information content (AvgIpc) is 3.26. The van der Waals surface area contributed by atoms with Gasteiger partial charge in [-0.15, -0.1) is 0 Å². The molecule has 1 aromatic carbocycles. The lowest BCUT2D eigenvalue weighted by Gasteiger charge is -2.30. The SMILES string of the molecule is CCCc1noc(N2CCC(CCCOc3ccc(C(=O)NC(O)C(C)O)c(C)c3)CC2)n1. The molecule has 182 valence electrons. The van der Waals surface area contributed by atoms with Crippen LogP contribution in [0.3, 0.4) is 0 Å². The molecule has 9 heteroatoms. The molecule has 0 spiro atoms. The molecule has 3 rings (SSSR count). The maximum atomic E-state index is 12.2. The van der Waals surface area contributed by atoms with Crippen molar-refractivity contribution in [2.75, 3.05) is 24.6 Å². The largest absolute Gasteiger partial charge is 0.494 e. The van der Waals surface area contributed by atoms with Crippen LogP contribution in [0.25, 0.3) is 0 Å². The van der Waals surface area contributed by atoms with Crippen molar-refractivity contribution in [1.29, 1.82) is 0 Å². The minimum Gasteiger partial charge on any atom is -0.494 e. The van der Waals surface area contributed by atoms with Crippen molar-refractivity contribution in [3.8, 4) is 5.75 Å². The Morgan fingerprint density at radius 1 is 1.33 bits per heavy atom.